The number of benzene rings is 1. The Morgan fingerprint density at radius 2 is 2.15 bits per heavy atom. The molecule has 7 heteroatoms. The number of hydrogen-bond donors (Lipinski definition) is 2. The number of para-hydroxylation sites is 1. The fourth-order valence-electron chi connectivity index (χ4n) is 2.09. The summed E-state index contributed by atoms with van der Waals surface area (Å²) in [7, 11) is 1.53. The van der Waals surface area contributed by atoms with Gasteiger partial charge in [0.2, 0.25) is 0 Å². The second kappa shape index (κ2) is 5.70. The highest BCUT2D eigenvalue weighted by molar-refractivity contribution is 6.00. The van der Waals surface area contributed by atoms with Crippen LogP contribution in [0.4, 0.5) is 0 Å². The number of aromatic amines is 1. The van der Waals surface area contributed by atoms with Gasteiger partial charge in [0.15, 0.2) is 0 Å². The summed E-state index contributed by atoms with van der Waals surface area (Å²) in [6, 6.07) is 4.48. The summed E-state index contributed by atoms with van der Waals surface area (Å²) in [4.78, 5) is 37.2. The number of carboxylic acids is 1. The maximum Gasteiger partial charge on any atom is 0.337 e. The van der Waals surface area contributed by atoms with Gasteiger partial charge in [-0.25, -0.2) is 4.79 Å². The smallest absolute Gasteiger partial charge is 0.337 e. The Morgan fingerprint density at radius 3 is 2.80 bits per heavy atom. The Morgan fingerprint density at radius 1 is 1.40 bits per heavy atom. The van der Waals surface area contributed by atoms with Gasteiger partial charge in [-0.05, 0) is 18.6 Å². The number of carboxylic acid groups (broad SMARTS) is 1. The van der Waals surface area contributed by atoms with E-state index in [2.05, 4.69) is 4.98 Å². The van der Waals surface area contributed by atoms with Crippen LogP contribution in [-0.2, 0) is 11.3 Å². The molecule has 0 aliphatic heterocycles. The monoisotopic (exact) mass is 278 g/mol. The van der Waals surface area contributed by atoms with E-state index in [-0.39, 0.29) is 17.6 Å². The van der Waals surface area contributed by atoms with E-state index in [1.54, 1.807) is 6.07 Å². The summed E-state index contributed by atoms with van der Waals surface area (Å²) in [6.45, 7) is 0.632. The molecule has 1 aromatic heterocycles. The second-order valence-corrected chi connectivity index (χ2v) is 4.26. The molecule has 7 nitrogen and oxygen atoms in total. The van der Waals surface area contributed by atoms with Crippen molar-refractivity contribution in [3.05, 3.63) is 44.5 Å². The summed E-state index contributed by atoms with van der Waals surface area (Å²) in [5.74, 6) is -1.15. The fraction of sp³-hybridized carbons (Fsp3) is 0.308. The molecule has 0 aliphatic carbocycles. The fourth-order valence-corrected chi connectivity index (χ4v) is 2.09. The van der Waals surface area contributed by atoms with Crippen molar-refractivity contribution in [1.82, 2.24) is 9.55 Å². The predicted molar refractivity (Wildman–Crippen MR) is 72.3 cm³/mol. The summed E-state index contributed by atoms with van der Waals surface area (Å²) < 4.78 is 6.10. The van der Waals surface area contributed by atoms with Gasteiger partial charge in [-0.2, -0.15) is 0 Å². The third-order valence-corrected chi connectivity index (χ3v) is 2.95. The van der Waals surface area contributed by atoms with Crippen molar-refractivity contribution >= 4 is 17.0 Å². The normalized spacial score (nSPS) is 10.8. The molecule has 20 heavy (non-hydrogen) atoms. The lowest BCUT2D eigenvalue weighted by atomic mass is 10.1. The number of methoxy groups -OCH3 is 1. The van der Waals surface area contributed by atoms with Crippen LogP contribution in [0.3, 0.4) is 0 Å². The molecule has 0 saturated heterocycles. The summed E-state index contributed by atoms with van der Waals surface area (Å²) in [5, 5.41) is 9.21. The van der Waals surface area contributed by atoms with Crippen molar-refractivity contribution in [1.29, 1.82) is 0 Å². The number of ether oxygens (including phenoxy) is 1. The molecule has 2 aromatic rings. The van der Waals surface area contributed by atoms with Gasteiger partial charge in [-0.15, -0.1) is 0 Å². The van der Waals surface area contributed by atoms with Crippen molar-refractivity contribution in [3.8, 4) is 0 Å². The number of carbonyl (C=O) groups is 1. The van der Waals surface area contributed by atoms with E-state index in [0.29, 0.717) is 18.5 Å². The maximum absolute atomic E-state index is 11.9. The average molecular weight is 278 g/mol. The van der Waals surface area contributed by atoms with Crippen LogP contribution in [0.1, 0.15) is 16.8 Å². The van der Waals surface area contributed by atoms with Gasteiger partial charge in [-0.3, -0.25) is 9.59 Å². The summed E-state index contributed by atoms with van der Waals surface area (Å²) in [6.07, 6.45) is 0.503. The van der Waals surface area contributed by atoms with Crippen LogP contribution >= 0.6 is 0 Å². The molecule has 1 aromatic carbocycles. The molecule has 0 fully saturated rings. The van der Waals surface area contributed by atoms with Crippen molar-refractivity contribution in [2.24, 2.45) is 0 Å². The van der Waals surface area contributed by atoms with E-state index >= 15 is 0 Å². The van der Waals surface area contributed by atoms with Crippen LogP contribution in [0.2, 0.25) is 0 Å². The first-order valence-electron chi connectivity index (χ1n) is 6.04. The Labute approximate surface area is 113 Å². The van der Waals surface area contributed by atoms with Crippen LogP contribution in [0.25, 0.3) is 11.0 Å². The first-order valence-corrected chi connectivity index (χ1v) is 6.04. The molecule has 0 bridgehead atoms. The van der Waals surface area contributed by atoms with Crippen LogP contribution in [-0.4, -0.2) is 34.3 Å². The number of aromatic nitrogens is 2. The topological polar surface area (TPSA) is 101 Å². The molecule has 0 atom stereocenters. The molecule has 0 saturated carbocycles. The zero-order valence-electron chi connectivity index (χ0n) is 10.9. The van der Waals surface area contributed by atoms with E-state index in [1.807, 2.05) is 0 Å². The van der Waals surface area contributed by atoms with Crippen LogP contribution in [0, 0.1) is 0 Å². The van der Waals surface area contributed by atoms with E-state index in [4.69, 9.17) is 4.74 Å². The molecule has 0 radical (unpaired) electrons. The molecule has 0 amide bonds. The summed E-state index contributed by atoms with van der Waals surface area (Å²) >= 11 is 0. The van der Waals surface area contributed by atoms with Crippen LogP contribution in [0.5, 0.6) is 0 Å². The van der Waals surface area contributed by atoms with E-state index < -0.39 is 17.1 Å². The molecule has 106 valence electrons. The minimum Gasteiger partial charge on any atom is -0.478 e. The number of aromatic carboxylic acids is 1. The van der Waals surface area contributed by atoms with E-state index in [0.717, 1.165) is 0 Å². The van der Waals surface area contributed by atoms with Crippen LogP contribution in [0.15, 0.2) is 27.8 Å². The number of aryl methyl sites for hydroxylation is 1. The minimum absolute atomic E-state index is 0.0201. The SMILES string of the molecule is COCCCn1c(=O)c(=O)[nH]c2cccc(C(=O)O)c21. The maximum atomic E-state index is 11.9. The number of H-pyrrole nitrogens is 1. The Hall–Kier alpha value is -2.41. The highest BCUT2D eigenvalue weighted by Gasteiger charge is 2.15. The van der Waals surface area contributed by atoms with Gasteiger partial charge in [-0.1, -0.05) is 6.07 Å². The lowest BCUT2D eigenvalue weighted by Gasteiger charge is -2.11. The molecular weight excluding hydrogens is 264 g/mol. The molecule has 0 spiro atoms. The minimum atomic E-state index is -1.15. The Kier molecular flexibility index (Phi) is 3.99. The highest BCUT2D eigenvalue weighted by atomic mass is 16.5. The van der Waals surface area contributed by atoms with Crippen molar-refractivity contribution in [2.75, 3.05) is 13.7 Å². The van der Waals surface area contributed by atoms with Gasteiger partial charge < -0.3 is 19.4 Å². The first-order chi connectivity index (χ1) is 9.56. The Balaban J connectivity index is 2.73. The standard InChI is InChI=1S/C13H14N2O5/c1-20-7-3-6-15-10-8(13(18)19)4-2-5-9(10)14-11(16)12(15)17/h2,4-5H,3,6-7H2,1H3,(H,14,16)(H,18,19). The van der Waals surface area contributed by atoms with E-state index in [1.165, 1.54) is 23.8 Å². The van der Waals surface area contributed by atoms with Crippen LogP contribution < -0.4 is 11.1 Å². The largest absolute Gasteiger partial charge is 0.478 e. The number of nitrogens with zero attached hydrogens (tertiary/aromatic N) is 1. The first kappa shape index (κ1) is 14.0. The summed E-state index contributed by atoms with van der Waals surface area (Å²) in [5.41, 5.74) is -0.999. The molecule has 2 rings (SSSR count). The van der Waals surface area contributed by atoms with Gasteiger partial charge >= 0.3 is 17.1 Å². The van der Waals surface area contributed by atoms with Crippen molar-refractivity contribution in [3.63, 3.8) is 0 Å². The van der Waals surface area contributed by atoms with Gasteiger partial charge in [0.05, 0.1) is 16.6 Å². The van der Waals surface area contributed by atoms with Crippen molar-refractivity contribution in [2.45, 2.75) is 13.0 Å². The highest BCUT2D eigenvalue weighted by Crippen LogP contribution is 2.15. The zero-order valence-corrected chi connectivity index (χ0v) is 10.9. The quantitative estimate of drug-likeness (QED) is 0.610. The zero-order chi connectivity index (χ0) is 14.7. The average Bonchev–Trinajstić information content (AvgIpc) is 2.42. The van der Waals surface area contributed by atoms with E-state index in [9.17, 15) is 19.5 Å². The number of hydrogen-bond acceptors (Lipinski definition) is 4. The number of nitrogens with one attached hydrogen (secondary N) is 1. The van der Waals surface area contributed by atoms with Crippen molar-refractivity contribution < 1.29 is 14.6 Å². The van der Waals surface area contributed by atoms with Gasteiger partial charge in [0, 0.05) is 20.3 Å². The molecule has 0 aliphatic rings. The molecular formula is C13H14N2O5. The lowest BCUT2D eigenvalue weighted by molar-refractivity contribution is 0.0698. The molecule has 0 unspecified atom stereocenters. The number of fused-ring (bicyclic) bond motifs is 1. The molecule has 1 heterocycles. The van der Waals surface area contributed by atoms with Gasteiger partial charge in [0.1, 0.15) is 0 Å². The predicted octanol–water partition coefficient (Wildman–Crippen LogP) is 0.425. The third kappa shape index (κ3) is 2.48. The molecule has 2 N–H and O–H groups in total. The Bertz CT molecular complexity index is 759. The number of rotatable bonds is 5. The lowest BCUT2D eigenvalue weighted by Crippen LogP contribution is -2.37. The van der Waals surface area contributed by atoms with Gasteiger partial charge in [0.25, 0.3) is 0 Å². The third-order valence-electron chi connectivity index (χ3n) is 2.95. The second-order valence-electron chi connectivity index (χ2n) is 4.26.